The Kier molecular flexibility index (Phi) is 16.1. The second kappa shape index (κ2) is 20.7. The molecule has 0 unspecified atom stereocenters. The quantitative estimate of drug-likeness (QED) is 0.150. The summed E-state index contributed by atoms with van der Waals surface area (Å²) in [7, 11) is 6.14. The maximum atomic E-state index is 12.7. The summed E-state index contributed by atoms with van der Waals surface area (Å²) in [6, 6.07) is 33.2. The van der Waals surface area contributed by atoms with Crippen LogP contribution in [0.4, 0.5) is 34.3 Å². The number of para-hydroxylation sites is 1. The summed E-state index contributed by atoms with van der Waals surface area (Å²) in [5.41, 5.74) is 7.86. The van der Waals surface area contributed by atoms with E-state index in [2.05, 4.69) is 54.9 Å². The molecule has 1 aliphatic rings. The Labute approximate surface area is 296 Å². The summed E-state index contributed by atoms with van der Waals surface area (Å²) in [6.07, 6.45) is 1.56. The lowest BCUT2D eigenvalue weighted by Gasteiger charge is -2.21. The van der Waals surface area contributed by atoms with Gasteiger partial charge in [-0.3, -0.25) is 4.79 Å². The van der Waals surface area contributed by atoms with Crippen molar-refractivity contribution in [1.29, 1.82) is 0 Å². The Morgan fingerprint density at radius 3 is 2.12 bits per heavy atom. The van der Waals surface area contributed by atoms with Gasteiger partial charge in [-0.2, -0.15) is 0 Å². The molecule has 10 nitrogen and oxygen atoms in total. The minimum Gasteiger partial charge on any atom is -0.379 e. The topological polar surface area (TPSA) is 112 Å². The van der Waals surface area contributed by atoms with E-state index in [1.807, 2.05) is 133 Å². The van der Waals surface area contributed by atoms with Crippen LogP contribution in [0.1, 0.15) is 29.8 Å². The number of rotatable bonds is 8. The number of hydrogen-bond acceptors (Lipinski definition) is 9. The van der Waals surface area contributed by atoms with Crippen LogP contribution in [-0.2, 0) is 9.53 Å². The summed E-state index contributed by atoms with van der Waals surface area (Å²) < 4.78 is 5.10. The summed E-state index contributed by atoms with van der Waals surface area (Å²) in [6.45, 7) is 12.0. The first-order chi connectivity index (χ1) is 24.3. The highest BCUT2D eigenvalue weighted by Gasteiger charge is 2.11. The Bertz CT molecular complexity index is 1770. The molecule has 10 heteroatoms. The molecule has 0 bridgehead atoms. The summed E-state index contributed by atoms with van der Waals surface area (Å²) in [4.78, 5) is 34.0. The molecular weight excluding hydrogens is 626 g/mol. The zero-order chi connectivity index (χ0) is 36.3. The predicted octanol–water partition coefficient (Wildman–Crippen LogP) is 8.05. The molecule has 1 saturated heterocycles. The van der Waals surface area contributed by atoms with E-state index in [0.29, 0.717) is 17.1 Å². The first-order valence-electron chi connectivity index (χ1n) is 16.6. The van der Waals surface area contributed by atoms with Crippen molar-refractivity contribution in [1.82, 2.24) is 14.9 Å². The third kappa shape index (κ3) is 12.1. The fourth-order valence-corrected chi connectivity index (χ4v) is 4.87. The molecule has 50 heavy (non-hydrogen) atoms. The zero-order valence-electron chi connectivity index (χ0n) is 29.9. The van der Waals surface area contributed by atoms with Crippen LogP contribution in [0, 0.1) is 6.92 Å². The molecule has 1 amide bonds. The molecule has 2 heterocycles. The number of nitrogens with one attached hydrogen (secondary N) is 3. The molecule has 0 saturated carbocycles. The van der Waals surface area contributed by atoms with Crippen molar-refractivity contribution in [2.45, 2.75) is 20.8 Å². The van der Waals surface area contributed by atoms with Crippen LogP contribution in [0.2, 0.25) is 0 Å². The molecule has 262 valence electrons. The monoisotopic (exact) mass is 675 g/mol. The molecule has 0 aliphatic carbocycles. The van der Waals surface area contributed by atoms with E-state index in [0.717, 1.165) is 65.9 Å². The normalized spacial score (nSPS) is 12.0. The number of ether oxygens (including phenoxy) is 1. The Hall–Kier alpha value is -5.58. The van der Waals surface area contributed by atoms with Crippen molar-refractivity contribution in [3.63, 3.8) is 0 Å². The number of anilines is 6. The van der Waals surface area contributed by atoms with E-state index in [1.54, 1.807) is 6.33 Å². The van der Waals surface area contributed by atoms with Crippen molar-refractivity contribution in [2.75, 3.05) is 68.3 Å². The van der Waals surface area contributed by atoms with Gasteiger partial charge in [-0.25, -0.2) is 9.97 Å². The molecule has 1 aromatic heterocycles. The van der Waals surface area contributed by atoms with Gasteiger partial charge in [0.25, 0.3) is 5.91 Å². The van der Waals surface area contributed by atoms with Crippen LogP contribution < -0.4 is 20.9 Å². The second-order valence-corrected chi connectivity index (χ2v) is 11.3. The highest BCUT2D eigenvalue weighted by molar-refractivity contribution is 6.04. The van der Waals surface area contributed by atoms with E-state index < -0.39 is 0 Å². The van der Waals surface area contributed by atoms with E-state index >= 15 is 0 Å². The van der Waals surface area contributed by atoms with Crippen LogP contribution in [0.3, 0.4) is 0 Å². The number of aryl methyl sites for hydroxylation is 1. The highest BCUT2D eigenvalue weighted by atomic mass is 16.5. The van der Waals surface area contributed by atoms with E-state index in [4.69, 9.17) is 9.53 Å². The van der Waals surface area contributed by atoms with Crippen LogP contribution in [0.15, 0.2) is 109 Å². The standard InChI is InChI=1S/C32H30N6O.C5H11NO.C2H6.CH2O/c1-22-9-6-10-23(17-22)32(39)37-25-12-7-11-24(18-25)35-29-16-5-4-15-28(29)30-20-31(34-21-33-30)36-26-13-8-14-27(19-26)38(2)3;1-6-2-4-7-5-3-6;2*1-2/h4-21,35H,1-3H3,(H,37,39)(H,33,34,36);2-5H2,1H3;1-2H3;1H2. The number of benzene rings is 4. The van der Waals surface area contributed by atoms with Gasteiger partial charge in [0.15, 0.2) is 0 Å². The van der Waals surface area contributed by atoms with Gasteiger partial charge in [0.2, 0.25) is 0 Å². The van der Waals surface area contributed by atoms with Crippen molar-refractivity contribution < 1.29 is 14.3 Å². The third-order valence-corrected chi connectivity index (χ3v) is 7.42. The maximum Gasteiger partial charge on any atom is 0.255 e. The second-order valence-electron chi connectivity index (χ2n) is 11.3. The van der Waals surface area contributed by atoms with Gasteiger partial charge in [0.05, 0.1) is 18.9 Å². The van der Waals surface area contributed by atoms with Crippen molar-refractivity contribution in [3.8, 4) is 11.3 Å². The number of carbonyl (C=O) groups is 2. The summed E-state index contributed by atoms with van der Waals surface area (Å²) in [5.74, 6) is 0.556. The lowest BCUT2D eigenvalue weighted by Crippen LogP contribution is -2.32. The number of carbonyl (C=O) groups excluding carboxylic acids is 2. The van der Waals surface area contributed by atoms with E-state index in [1.165, 1.54) is 0 Å². The highest BCUT2D eigenvalue weighted by Crippen LogP contribution is 2.31. The fourth-order valence-electron chi connectivity index (χ4n) is 4.87. The van der Waals surface area contributed by atoms with Gasteiger partial charge in [-0.15, -0.1) is 0 Å². The molecule has 1 fully saturated rings. The van der Waals surface area contributed by atoms with Gasteiger partial charge in [0, 0.05) is 72.8 Å². The van der Waals surface area contributed by atoms with Crippen LogP contribution in [0.25, 0.3) is 11.3 Å². The van der Waals surface area contributed by atoms with Crippen molar-refractivity contribution >= 4 is 47.0 Å². The largest absolute Gasteiger partial charge is 0.379 e. The molecule has 1 aliphatic heterocycles. The number of hydrogen-bond donors (Lipinski definition) is 3. The SMILES string of the molecule is C=O.CC.CN1CCOCC1.Cc1cccc(C(=O)Nc2cccc(Nc3ccccc3-c3cc(Nc4cccc(N(C)C)c4)ncn3)c2)c1. The first-order valence-corrected chi connectivity index (χ1v) is 16.6. The molecule has 6 rings (SSSR count). The predicted molar refractivity (Wildman–Crippen MR) is 207 cm³/mol. The van der Waals surface area contributed by atoms with E-state index in [9.17, 15) is 4.79 Å². The van der Waals surface area contributed by atoms with E-state index in [-0.39, 0.29) is 5.91 Å². The number of likely N-dealkylation sites (N-methyl/N-ethyl adjacent to an activating group) is 1. The first kappa shape index (κ1) is 38.9. The van der Waals surface area contributed by atoms with Crippen LogP contribution in [-0.4, -0.2) is 75.0 Å². The number of morpholine rings is 1. The molecule has 0 radical (unpaired) electrons. The van der Waals surface area contributed by atoms with Crippen molar-refractivity contribution in [2.24, 2.45) is 0 Å². The molecule has 0 atom stereocenters. The zero-order valence-corrected chi connectivity index (χ0v) is 29.9. The number of nitrogens with zero attached hydrogens (tertiary/aromatic N) is 4. The third-order valence-electron chi connectivity index (χ3n) is 7.42. The number of amides is 1. The van der Waals surface area contributed by atoms with Gasteiger partial charge in [0.1, 0.15) is 18.9 Å². The molecular formula is C40H49N7O3. The molecule has 3 N–H and O–H groups in total. The maximum absolute atomic E-state index is 12.7. The van der Waals surface area contributed by atoms with Crippen molar-refractivity contribution in [3.05, 3.63) is 121 Å². The number of aromatic nitrogens is 2. The van der Waals surface area contributed by atoms with Gasteiger partial charge >= 0.3 is 0 Å². The van der Waals surface area contributed by atoms with Gasteiger partial charge in [-0.1, -0.05) is 61.9 Å². The minimum atomic E-state index is -0.145. The lowest BCUT2D eigenvalue weighted by molar-refractivity contribution is -0.0980. The molecule has 0 spiro atoms. The smallest absolute Gasteiger partial charge is 0.255 e. The lowest BCUT2D eigenvalue weighted by atomic mass is 10.1. The molecule has 5 aromatic rings. The average molecular weight is 676 g/mol. The van der Waals surface area contributed by atoms with Gasteiger partial charge < -0.3 is 35.3 Å². The van der Waals surface area contributed by atoms with Crippen LogP contribution >= 0.6 is 0 Å². The summed E-state index contributed by atoms with van der Waals surface area (Å²) >= 11 is 0. The summed E-state index contributed by atoms with van der Waals surface area (Å²) in [5, 5.41) is 9.86. The van der Waals surface area contributed by atoms with Gasteiger partial charge in [-0.05, 0) is 68.6 Å². The Morgan fingerprint density at radius 1 is 0.780 bits per heavy atom. The Balaban J connectivity index is 0.000000535. The fraction of sp³-hybridized carbons (Fsp3) is 0.250. The van der Waals surface area contributed by atoms with Crippen LogP contribution in [0.5, 0.6) is 0 Å². The average Bonchev–Trinajstić information content (AvgIpc) is 3.14. The molecule has 4 aromatic carbocycles. The Morgan fingerprint density at radius 2 is 1.44 bits per heavy atom. The minimum absolute atomic E-state index is 0.145.